The van der Waals surface area contributed by atoms with Gasteiger partial charge >= 0.3 is 5.69 Å². The van der Waals surface area contributed by atoms with Gasteiger partial charge < -0.3 is 10.2 Å². The van der Waals surface area contributed by atoms with Crippen LogP contribution in [-0.4, -0.2) is 45.8 Å². The highest BCUT2D eigenvalue weighted by Crippen LogP contribution is 2.28. The number of hydrogen-bond acceptors (Lipinski definition) is 5. The van der Waals surface area contributed by atoms with Gasteiger partial charge in [-0.2, -0.15) is 5.10 Å². The molecule has 0 aromatic carbocycles. The Morgan fingerprint density at radius 2 is 2.15 bits per heavy atom. The summed E-state index contributed by atoms with van der Waals surface area (Å²) in [5.41, 5.74) is 0.631. The number of rotatable bonds is 8. The average Bonchev–Trinajstić information content (AvgIpc) is 2.70. The van der Waals surface area contributed by atoms with Crippen molar-refractivity contribution >= 4 is 11.5 Å². The van der Waals surface area contributed by atoms with Crippen LogP contribution in [0.1, 0.15) is 32.9 Å². The molecule has 20 heavy (non-hydrogen) atoms. The highest BCUT2D eigenvalue weighted by molar-refractivity contribution is 5.59. The molecule has 0 fully saturated rings. The maximum absolute atomic E-state index is 11.1. The third-order valence-electron chi connectivity index (χ3n) is 3.47. The second kappa shape index (κ2) is 7.23. The Morgan fingerprint density at radius 1 is 1.50 bits per heavy atom. The first kappa shape index (κ1) is 16.4. The fourth-order valence-electron chi connectivity index (χ4n) is 1.99. The molecule has 7 heteroatoms. The van der Waals surface area contributed by atoms with Crippen molar-refractivity contribution in [1.29, 1.82) is 0 Å². The van der Waals surface area contributed by atoms with Crippen LogP contribution in [-0.2, 0) is 13.5 Å². The van der Waals surface area contributed by atoms with Crippen molar-refractivity contribution in [1.82, 2.24) is 14.7 Å². The van der Waals surface area contributed by atoms with Gasteiger partial charge in [0.15, 0.2) is 0 Å². The van der Waals surface area contributed by atoms with Crippen LogP contribution in [0.3, 0.4) is 0 Å². The molecule has 0 bridgehead atoms. The Bertz CT molecular complexity index is 456. The third-order valence-corrected chi connectivity index (χ3v) is 3.47. The van der Waals surface area contributed by atoms with E-state index in [9.17, 15) is 10.1 Å². The van der Waals surface area contributed by atoms with E-state index in [0.717, 1.165) is 13.0 Å². The first-order valence-corrected chi connectivity index (χ1v) is 7.02. The molecule has 0 atom stereocenters. The van der Waals surface area contributed by atoms with Crippen molar-refractivity contribution in [3.63, 3.8) is 0 Å². The third kappa shape index (κ3) is 3.93. The largest absolute Gasteiger partial charge is 0.364 e. The minimum absolute atomic E-state index is 0.104. The first-order valence-electron chi connectivity index (χ1n) is 7.02. The number of aromatic nitrogens is 2. The second-order valence-electron chi connectivity index (χ2n) is 5.23. The lowest BCUT2D eigenvalue weighted by atomic mass is 10.3. The lowest BCUT2D eigenvalue weighted by molar-refractivity contribution is -0.384. The van der Waals surface area contributed by atoms with Crippen LogP contribution < -0.4 is 5.32 Å². The van der Waals surface area contributed by atoms with Gasteiger partial charge in [0, 0.05) is 19.6 Å². The summed E-state index contributed by atoms with van der Waals surface area (Å²) < 4.78 is 1.56. The molecule has 1 rings (SSSR count). The second-order valence-corrected chi connectivity index (χ2v) is 5.23. The number of anilines is 1. The topological polar surface area (TPSA) is 76.2 Å². The maximum atomic E-state index is 11.1. The molecule has 7 nitrogen and oxygen atoms in total. The van der Waals surface area contributed by atoms with Gasteiger partial charge in [0.2, 0.25) is 5.82 Å². The molecule has 0 saturated heterocycles. The first-order chi connectivity index (χ1) is 9.38. The fourth-order valence-corrected chi connectivity index (χ4v) is 1.99. The molecule has 0 aliphatic rings. The lowest BCUT2D eigenvalue weighted by Crippen LogP contribution is -2.28. The number of nitrogens with one attached hydrogen (secondary N) is 1. The van der Waals surface area contributed by atoms with Crippen LogP contribution in [0.25, 0.3) is 0 Å². The molecule has 0 radical (unpaired) electrons. The molecule has 114 valence electrons. The molecule has 1 aromatic heterocycles. The van der Waals surface area contributed by atoms with Gasteiger partial charge in [0.25, 0.3) is 0 Å². The van der Waals surface area contributed by atoms with Crippen molar-refractivity contribution in [2.24, 2.45) is 7.05 Å². The predicted molar refractivity (Wildman–Crippen MR) is 80.1 cm³/mol. The Balaban J connectivity index is 2.64. The van der Waals surface area contributed by atoms with Crippen molar-refractivity contribution in [2.75, 3.05) is 25.5 Å². The zero-order chi connectivity index (χ0) is 15.3. The maximum Gasteiger partial charge on any atom is 0.333 e. The van der Waals surface area contributed by atoms with Crippen molar-refractivity contribution in [3.8, 4) is 0 Å². The standard InChI is InChI=1S/C13H25N5O2/c1-6-11-12(18(19)20)13(17(5)15-11)14-8-7-9-16(4)10(2)3/h10,14H,6-9H2,1-5H3. The van der Waals surface area contributed by atoms with Gasteiger partial charge in [-0.15, -0.1) is 0 Å². The summed E-state index contributed by atoms with van der Waals surface area (Å²) >= 11 is 0. The van der Waals surface area contributed by atoms with E-state index in [-0.39, 0.29) is 10.6 Å². The summed E-state index contributed by atoms with van der Waals surface area (Å²) in [6.45, 7) is 7.81. The van der Waals surface area contributed by atoms with Gasteiger partial charge in [-0.25, -0.2) is 4.68 Å². The van der Waals surface area contributed by atoms with E-state index >= 15 is 0 Å². The van der Waals surface area contributed by atoms with E-state index in [1.807, 2.05) is 6.92 Å². The van der Waals surface area contributed by atoms with E-state index in [2.05, 4.69) is 36.2 Å². The summed E-state index contributed by atoms with van der Waals surface area (Å²) in [6.07, 6.45) is 1.49. The van der Waals surface area contributed by atoms with Gasteiger partial charge in [-0.1, -0.05) is 6.92 Å². The van der Waals surface area contributed by atoms with Crippen LogP contribution in [0.15, 0.2) is 0 Å². The van der Waals surface area contributed by atoms with Crippen LogP contribution in [0.5, 0.6) is 0 Å². The van der Waals surface area contributed by atoms with Crippen LogP contribution in [0.4, 0.5) is 11.5 Å². The lowest BCUT2D eigenvalue weighted by Gasteiger charge is -2.20. The number of hydrogen-bond donors (Lipinski definition) is 1. The summed E-state index contributed by atoms with van der Waals surface area (Å²) in [4.78, 5) is 13.0. The van der Waals surface area contributed by atoms with Crippen LogP contribution in [0, 0.1) is 10.1 Å². The average molecular weight is 283 g/mol. The van der Waals surface area contributed by atoms with E-state index in [4.69, 9.17) is 0 Å². The highest BCUT2D eigenvalue weighted by Gasteiger charge is 2.25. The predicted octanol–water partition coefficient (Wildman–Crippen LogP) is 2.03. The molecule has 0 aliphatic carbocycles. The summed E-state index contributed by atoms with van der Waals surface area (Å²) in [7, 11) is 3.81. The minimum atomic E-state index is -0.353. The monoisotopic (exact) mass is 283 g/mol. The Kier molecular flexibility index (Phi) is 5.94. The van der Waals surface area contributed by atoms with E-state index in [1.54, 1.807) is 11.7 Å². The van der Waals surface area contributed by atoms with Crippen LogP contribution in [0.2, 0.25) is 0 Å². The SMILES string of the molecule is CCc1nn(C)c(NCCCN(C)C(C)C)c1[N+](=O)[O-]. The van der Waals surface area contributed by atoms with Gasteiger partial charge in [-0.3, -0.25) is 10.1 Å². The normalized spacial score (nSPS) is 11.3. The molecule has 0 amide bonds. The molecule has 0 aliphatic heterocycles. The van der Waals surface area contributed by atoms with E-state index in [1.165, 1.54) is 0 Å². The quantitative estimate of drug-likeness (QED) is 0.449. The van der Waals surface area contributed by atoms with Gasteiger partial charge in [0.1, 0.15) is 5.69 Å². The molecular weight excluding hydrogens is 258 g/mol. The molecule has 1 N–H and O–H groups in total. The Labute approximate surface area is 120 Å². The molecule has 0 spiro atoms. The summed E-state index contributed by atoms with van der Waals surface area (Å²) in [5.74, 6) is 0.499. The van der Waals surface area contributed by atoms with Gasteiger partial charge in [-0.05, 0) is 40.3 Å². The van der Waals surface area contributed by atoms with Crippen molar-refractivity contribution < 1.29 is 4.92 Å². The van der Waals surface area contributed by atoms with Crippen LogP contribution >= 0.6 is 0 Å². The molecule has 1 heterocycles. The smallest absolute Gasteiger partial charge is 0.333 e. The zero-order valence-electron chi connectivity index (χ0n) is 13.0. The Morgan fingerprint density at radius 3 is 2.65 bits per heavy atom. The molecule has 1 aromatic rings. The molecule has 0 saturated carbocycles. The summed E-state index contributed by atoms with van der Waals surface area (Å²) in [6, 6.07) is 0.507. The fraction of sp³-hybridized carbons (Fsp3) is 0.769. The minimum Gasteiger partial charge on any atom is -0.364 e. The number of nitro groups is 1. The van der Waals surface area contributed by atoms with E-state index in [0.29, 0.717) is 30.5 Å². The van der Waals surface area contributed by atoms with Crippen molar-refractivity contribution in [3.05, 3.63) is 15.8 Å². The molecule has 0 unspecified atom stereocenters. The number of nitrogens with zero attached hydrogens (tertiary/aromatic N) is 4. The molecular formula is C13H25N5O2. The summed E-state index contributed by atoms with van der Waals surface area (Å²) in [5, 5.41) is 18.5. The van der Waals surface area contributed by atoms with Crippen molar-refractivity contribution in [2.45, 2.75) is 39.7 Å². The number of aryl methyl sites for hydroxylation is 2. The van der Waals surface area contributed by atoms with Gasteiger partial charge in [0.05, 0.1) is 4.92 Å². The van der Waals surface area contributed by atoms with E-state index < -0.39 is 0 Å². The highest BCUT2D eigenvalue weighted by atomic mass is 16.6. The zero-order valence-corrected chi connectivity index (χ0v) is 13.0. The Hall–Kier alpha value is -1.63.